The van der Waals surface area contributed by atoms with Crippen LogP contribution >= 0.6 is 0 Å². The summed E-state index contributed by atoms with van der Waals surface area (Å²) in [5.41, 5.74) is 0.161. The Kier molecular flexibility index (Phi) is 3.90. The van der Waals surface area contributed by atoms with E-state index in [1.54, 1.807) is 19.1 Å². The summed E-state index contributed by atoms with van der Waals surface area (Å²) in [6.45, 7) is -4.26. The standard InChI is InChI=1S/C25H27NO3/c1-18-6-2-11-22(14-18)24(27)17-26-13-5-8-19-7-3-9-20(15-19)21-10-4-12-23(16-21)25(28)29/h2-4,6-7,9-12,14-16,24,26-27H,5,8,13,17H2,1H3,(H,28,29)/t24-/m0/s1/i3D,5D2,7D,9D,13D2,15D,17D2. The zero-order valence-corrected chi connectivity index (χ0v) is 15.7. The maximum Gasteiger partial charge on any atom is 0.335 e. The van der Waals surface area contributed by atoms with E-state index in [1.165, 1.54) is 36.4 Å². The molecule has 3 rings (SSSR count). The van der Waals surface area contributed by atoms with Crippen LogP contribution in [0, 0.1) is 6.92 Å². The van der Waals surface area contributed by atoms with Gasteiger partial charge >= 0.3 is 5.97 Å². The highest BCUT2D eigenvalue weighted by molar-refractivity contribution is 5.89. The minimum atomic E-state index is -3.15. The molecule has 0 aliphatic heterocycles. The van der Waals surface area contributed by atoms with Crippen LogP contribution < -0.4 is 5.32 Å². The monoisotopic (exact) mass is 399 g/mol. The Bertz CT molecular complexity index is 1410. The topological polar surface area (TPSA) is 69.6 Å². The molecule has 150 valence electrons. The first-order valence-electron chi connectivity index (χ1n) is 13.9. The molecule has 0 aliphatic rings. The van der Waals surface area contributed by atoms with E-state index in [1.807, 2.05) is 5.32 Å². The Hall–Kier alpha value is -2.95. The number of carboxylic acid groups (broad SMARTS) is 1. The van der Waals surface area contributed by atoms with E-state index in [0.717, 1.165) is 5.56 Å². The molecule has 4 nitrogen and oxygen atoms in total. The maximum atomic E-state index is 11.4. The second-order valence-corrected chi connectivity index (χ2v) is 6.30. The second-order valence-electron chi connectivity index (χ2n) is 6.30. The van der Waals surface area contributed by atoms with Gasteiger partial charge in [0.05, 0.1) is 17.2 Å². The van der Waals surface area contributed by atoms with Crippen molar-refractivity contribution in [3.8, 4) is 11.1 Å². The average Bonchev–Trinajstić information content (AvgIpc) is 2.84. The third kappa shape index (κ3) is 6.01. The molecule has 0 radical (unpaired) electrons. The van der Waals surface area contributed by atoms with Crippen LogP contribution in [0.5, 0.6) is 0 Å². The number of aliphatic hydroxyl groups excluding tert-OH is 1. The van der Waals surface area contributed by atoms with E-state index in [-0.39, 0.29) is 22.3 Å². The van der Waals surface area contributed by atoms with Crippen molar-refractivity contribution in [3.63, 3.8) is 0 Å². The van der Waals surface area contributed by atoms with Crippen molar-refractivity contribution >= 4 is 5.97 Å². The first-order valence-corrected chi connectivity index (χ1v) is 8.86. The fraction of sp³-hybridized carbons (Fsp3) is 0.240. The smallest absolute Gasteiger partial charge is 0.335 e. The van der Waals surface area contributed by atoms with Crippen LogP contribution in [0.15, 0.2) is 72.7 Å². The van der Waals surface area contributed by atoms with Gasteiger partial charge in [-0.3, -0.25) is 0 Å². The zero-order chi connectivity index (χ0) is 29.5. The molecule has 3 aromatic rings. The lowest BCUT2D eigenvalue weighted by Crippen LogP contribution is -2.22. The van der Waals surface area contributed by atoms with E-state index in [9.17, 15) is 15.0 Å². The van der Waals surface area contributed by atoms with Crippen molar-refractivity contribution in [2.75, 3.05) is 13.0 Å². The molecule has 3 N–H and O–H groups in total. The molecular formula is C25H27NO3. The molecule has 0 saturated carbocycles. The van der Waals surface area contributed by atoms with Crippen molar-refractivity contribution < 1.29 is 28.7 Å². The molecule has 0 aromatic heterocycles. The lowest BCUT2D eigenvalue weighted by molar-refractivity contribution is 0.0697. The number of carboxylic acids is 1. The van der Waals surface area contributed by atoms with E-state index in [4.69, 9.17) is 13.7 Å². The Balaban J connectivity index is 2.02. The zero-order valence-electron chi connectivity index (χ0n) is 25.7. The van der Waals surface area contributed by atoms with Crippen LogP contribution in [-0.4, -0.2) is 29.2 Å². The Morgan fingerprint density at radius 3 is 2.79 bits per heavy atom. The molecule has 1 atom stereocenters. The number of aromatic carboxylic acids is 1. The van der Waals surface area contributed by atoms with Crippen LogP contribution in [0.3, 0.4) is 0 Å². The summed E-state index contributed by atoms with van der Waals surface area (Å²) in [6.07, 6.45) is -5.80. The molecule has 0 aliphatic carbocycles. The van der Waals surface area contributed by atoms with Gasteiger partial charge in [0.15, 0.2) is 0 Å². The molecule has 0 unspecified atom stereocenters. The fourth-order valence-corrected chi connectivity index (χ4v) is 2.63. The Morgan fingerprint density at radius 1 is 1.17 bits per heavy atom. The molecule has 0 amide bonds. The van der Waals surface area contributed by atoms with Gasteiger partial charge in [-0.15, -0.1) is 0 Å². The molecular weight excluding hydrogens is 362 g/mol. The number of nitrogens with one attached hydrogen (secondary N) is 1. The van der Waals surface area contributed by atoms with Gasteiger partial charge in [-0.25, -0.2) is 4.79 Å². The summed E-state index contributed by atoms with van der Waals surface area (Å²) in [5.74, 6) is -1.27. The minimum absolute atomic E-state index is 0.0824. The fourth-order valence-electron chi connectivity index (χ4n) is 2.63. The number of aliphatic hydroxyl groups is 1. The number of hydrogen-bond donors (Lipinski definition) is 3. The second kappa shape index (κ2) is 10.0. The van der Waals surface area contributed by atoms with Crippen LogP contribution in [-0.2, 0) is 6.42 Å². The SMILES string of the molecule is [2H]c1c([2H])c(CC([2H])([2H])C([2H])([2H])NC([2H])([2H])[C@H](O)c2cccc(C)c2)c([2H])c(-c2cccc(C(=O)O)c2)c1[2H]. The predicted octanol–water partition coefficient (Wildman–Crippen LogP) is 4.62. The molecule has 0 saturated heterocycles. The molecule has 29 heavy (non-hydrogen) atoms. The van der Waals surface area contributed by atoms with Gasteiger partial charge in [-0.2, -0.15) is 0 Å². The van der Waals surface area contributed by atoms with Gasteiger partial charge < -0.3 is 15.5 Å². The van der Waals surface area contributed by atoms with Gasteiger partial charge in [0.25, 0.3) is 0 Å². The third-order valence-electron chi connectivity index (χ3n) is 4.06. The highest BCUT2D eigenvalue weighted by atomic mass is 16.4. The highest BCUT2D eigenvalue weighted by Crippen LogP contribution is 2.22. The van der Waals surface area contributed by atoms with Crippen molar-refractivity contribution in [1.29, 1.82) is 0 Å². The number of carbonyl (C=O) groups is 1. The van der Waals surface area contributed by atoms with Crippen molar-refractivity contribution in [2.45, 2.75) is 25.8 Å². The molecule has 0 fully saturated rings. The summed E-state index contributed by atoms with van der Waals surface area (Å²) in [5, 5.41) is 21.8. The summed E-state index contributed by atoms with van der Waals surface area (Å²) < 4.78 is 83.3. The quantitative estimate of drug-likeness (QED) is 0.491. The minimum Gasteiger partial charge on any atom is -0.478 e. The summed E-state index contributed by atoms with van der Waals surface area (Å²) >= 11 is 0. The van der Waals surface area contributed by atoms with Crippen molar-refractivity contribution in [1.82, 2.24) is 5.32 Å². The summed E-state index contributed by atoms with van der Waals surface area (Å²) in [4.78, 5) is 11.4. The number of hydrogen-bond acceptors (Lipinski definition) is 3. The van der Waals surface area contributed by atoms with Crippen molar-refractivity contribution in [3.05, 3.63) is 95.0 Å². The highest BCUT2D eigenvalue weighted by Gasteiger charge is 2.07. The van der Waals surface area contributed by atoms with Gasteiger partial charge in [0.2, 0.25) is 0 Å². The van der Waals surface area contributed by atoms with Gasteiger partial charge in [-0.05, 0) is 60.6 Å². The Morgan fingerprint density at radius 2 is 2.00 bits per heavy atom. The molecule has 0 bridgehead atoms. The Labute approximate surface area is 185 Å². The van der Waals surface area contributed by atoms with E-state index >= 15 is 0 Å². The van der Waals surface area contributed by atoms with Gasteiger partial charge in [0, 0.05) is 14.7 Å². The van der Waals surface area contributed by atoms with Crippen LogP contribution in [0.25, 0.3) is 11.1 Å². The van der Waals surface area contributed by atoms with E-state index in [0.29, 0.717) is 0 Å². The lowest BCUT2D eigenvalue weighted by Gasteiger charge is -2.13. The molecule has 4 heteroatoms. The largest absolute Gasteiger partial charge is 0.478 e. The van der Waals surface area contributed by atoms with E-state index < -0.39 is 67.6 Å². The number of rotatable bonds is 9. The maximum absolute atomic E-state index is 11.4. The van der Waals surface area contributed by atoms with Gasteiger partial charge in [0.1, 0.15) is 0 Å². The lowest BCUT2D eigenvalue weighted by atomic mass is 9.99. The predicted molar refractivity (Wildman–Crippen MR) is 116 cm³/mol. The van der Waals surface area contributed by atoms with E-state index in [2.05, 4.69) is 0 Å². The molecule has 0 heterocycles. The summed E-state index contributed by atoms with van der Waals surface area (Å²) in [7, 11) is 0. The number of benzene rings is 3. The average molecular weight is 400 g/mol. The first kappa shape index (κ1) is 11.3. The first-order chi connectivity index (χ1) is 17.9. The van der Waals surface area contributed by atoms with Gasteiger partial charge in [-0.1, -0.05) is 66.1 Å². The van der Waals surface area contributed by atoms with Crippen LogP contribution in [0.4, 0.5) is 0 Å². The third-order valence-corrected chi connectivity index (χ3v) is 4.06. The van der Waals surface area contributed by atoms with Crippen LogP contribution in [0.1, 0.15) is 53.2 Å². The number of aryl methyl sites for hydroxylation is 1. The van der Waals surface area contributed by atoms with Crippen LogP contribution in [0.2, 0.25) is 0 Å². The van der Waals surface area contributed by atoms with Crippen molar-refractivity contribution in [2.24, 2.45) is 0 Å². The normalized spacial score (nSPS) is 18.4. The summed E-state index contributed by atoms with van der Waals surface area (Å²) in [6, 6.07) is 9.07. The molecule has 3 aromatic carbocycles. The molecule has 0 spiro atoms.